The standard InChI is InChI=1S/C14H14ClN3O2.ClH/c15-11-3-1-2-10(4-11)12-5-13(20-18-12)14(19)17-8-9-6-16-7-9;/h1-5,9,16H,6-8H2,(H,17,19);1H. The first-order chi connectivity index (χ1) is 9.72. The van der Waals surface area contributed by atoms with Gasteiger partial charge in [0, 0.05) is 42.2 Å². The Labute approximate surface area is 133 Å². The molecule has 2 heterocycles. The van der Waals surface area contributed by atoms with Gasteiger partial charge in [0.2, 0.25) is 5.76 Å². The number of benzene rings is 1. The van der Waals surface area contributed by atoms with Gasteiger partial charge in [-0.3, -0.25) is 4.79 Å². The Balaban J connectivity index is 0.00000161. The second-order valence-corrected chi connectivity index (χ2v) is 5.26. The Morgan fingerprint density at radius 1 is 1.43 bits per heavy atom. The number of amides is 1. The van der Waals surface area contributed by atoms with Gasteiger partial charge in [-0.05, 0) is 12.1 Å². The second kappa shape index (κ2) is 6.93. The molecule has 1 aromatic heterocycles. The lowest BCUT2D eigenvalue weighted by Crippen LogP contribution is -2.48. The van der Waals surface area contributed by atoms with Crippen molar-refractivity contribution in [3.8, 4) is 11.3 Å². The summed E-state index contributed by atoms with van der Waals surface area (Å²) >= 11 is 5.93. The Kier molecular flexibility index (Phi) is 5.22. The summed E-state index contributed by atoms with van der Waals surface area (Å²) in [5, 5.41) is 10.5. The van der Waals surface area contributed by atoms with Crippen LogP contribution in [0.15, 0.2) is 34.9 Å². The molecule has 21 heavy (non-hydrogen) atoms. The number of hydrogen-bond acceptors (Lipinski definition) is 4. The third kappa shape index (κ3) is 3.75. The van der Waals surface area contributed by atoms with Crippen molar-refractivity contribution in [1.82, 2.24) is 15.8 Å². The Hall–Kier alpha value is -1.56. The van der Waals surface area contributed by atoms with Crippen molar-refractivity contribution >= 4 is 29.9 Å². The molecule has 0 spiro atoms. The molecule has 1 aliphatic rings. The molecule has 1 aliphatic heterocycles. The van der Waals surface area contributed by atoms with Crippen molar-refractivity contribution in [3.05, 3.63) is 41.1 Å². The topological polar surface area (TPSA) is 67.2 Å². The summed E-state index contributed by atoms with van der Waals surface area (Å²) in [6.07, 6.45) is 0. The third-order valence-corrected chi connectivity index (χ3v) is 3.51. The average Bonchev–Trinajstić information content (AvgIpc) is 2.86. The Morgan fingerprint density at radius 3 is 2.90 bits per heavy atom. The maximum atomic E-state index is 11.9. The van der Waals surface area contributed by atoms with Crippen molar-refractivity contribution in [1.29, 1.82) is 0 Å². The normalized spacial score (nSPS) is 14.1. The summed E-state index contributed by atoms with van der Waals surface area (Å²) < 4.78 is 5.08. The highest BCUT2D eigenvalue weighted by molar-refractivity contribution is 6.30. The zero-order chi connectivity index (χ0) is 13.9. The highest BCUT2D eigenvalue weighted by atomic mass is 35.5. The molecule has 2 N–H and O–H groups in total. The molecule has 112 valence electrons. The quantitative estimate of drug-likeness (QED) is 0.904. The first kappa shape index (κ1) is 15.8. The van der Waals surface area contributed by atoms with E-state index in [1.54, 1.807) is 18.2 Å². The number of rotatable bonds is 4. The summed E-state index contributed by atoms with van der Waals surface area (Å²) in [6.45, 7) is 2.55. The summed E-state index contributed by atoms with van der Waals surface area (Å²) in [7, 11) is 0. The van der Waals surface area contributed by atoms with Gasteiger partial charge in [-0.15, -0.1) is 12.4 Å². The minimum absolute atomic E-state index is 0. The lowest BCUT2D eigenvalue weighted by Gasteiger charge is -2.26. The summed E-state index contributed by atoms with van der Waals surface area (Å²) in [5.74, 6) is 0.485. The Bertz CT molecular complexity index is 626. The van der Waals surface area contributed by atoms with E-state index in [1.807, 2.05) is 12.1 Å². The SMILES string of the molecule is Cl.O=C(NCC1CNC1)c1cc(-c2cccc(Cl)c2)no1. The fourth-order valence-corrected chi connectivity index (χ4v) is 2.17. The van der Waals surface area contributed by atoms with E-state index in [-0.39, 0.29) is 24.1 Å². The molecular formula is C14H15Cl2N3O2. The summed E-state index contributed by atoms with van der Waals surface area (Å²) in [4.78, 5) is 11.9. The van der Waals surface area contributed by atoms with Crippen LogP contribution in [0.2, 0.25) is 5.02 Å². The number of nitrogens with zero attached hydrogens (tertiary/aromatic N) is 1. The fourth-order valence-electron chi connectivity index (χ4n) is 1.98. The van der Waals surface area contributed by atoms with Gasteiger partial charge in [-0.25, -0.2) is 0 Å². The highest BCUT2D eigenvalue weighted by Crippen LogP contribution is 2.22. The van der Waals surface area contributed by atoms with Gasteiger partial charge in [-0.2, -0.15) is 0 Å². The largest absolute Gasteiger partial charge is 0.350 e. The molecule has 2 aromatic rings. The van der Waals surface area contributed by atoms with Crippen molar-refractivity contribution < 1.29 is 9.32 Å². The number of aromatic nitrogens is 1. The summed E-state index contributed by atoms with van der Waals surface area (Å²) in [6, 6.07) is 8.88. The van der Waals surface area contributed by atoms with Crippen molar-refractivity contribution in [2.75, 3.05) is 19.6 Å². The minimum Gasteiger partial charge on any atom is -0.350 e. The second-order valence-electron chi connectivity index (χ2n) is 4.82. The first-order valence-electron chi connectivity index (χ1n) is 6.44. The van der Waals surface area contributed by atoms with Gasteiger partial charge in [-0.1, -0.05) is 28.9 Å². The van der Waals surface area contributed by atoms with Gasteiger partial charge < -0.3 is 15.2 Å². The molecule has 0 saturated carbocycles. The third-order valence-electron chi connectivity index (χ3n) is 3.27. The van der Waals surface area contributed by atoms with E-state index in [2.05, 4.69) is 15.8 Å². The molecule has 5 nitrogen and oxygen atoms in total. The van der Waals surface area contributed by atoms with Crippen LogP contribution in [0.1, 0.15) is 10.6 Å². The maximum Gasteiger partial charge on any atom is 0.289 e. The number of hydrogen-bond donors (Lipinski definition) is 2. The molecule has 0 radical (unpaired) electrons. The number of halogens is 2. The van der Waals surface area contributed by atoms with Crippen molar-refractivity contribution in [2.45, 2.75) is 0 Å². The molecular weight excluding hydrogens is 313 g/mol. The van der Waals surface area contributed by atoms with Gasteiger partial charge in [0.05, 0.1) is 0 Å². The molecule has 1 aromatic carbocycles. The predicted octanol–water partition coefficient (Wildman–Crippen LogP) is 2.37. The van der Waals surface area contributed by atoms with Gasteiger partial charge in [0.25, 0.3) is 5.91 Å². The van der Waals surface area contributed by atoms with Crippen LogP contribution in [-0.2, 0) is 0 Å². The molecule has 0 bridgehead atoms. The monoisotopic (exact) mass is 327 g/mol. The Morgan fingerprint density at radius 2 is 2.24 bits per heavy atom. The van der Waals surface area contributed by atoms with E-state index in [4.69, 9.17) is 16.1 Å². The number of carbonyl (C=O) groups is 1. The van der Waals surface area contributed by atoms with Gasteiger partial charge in [0.15, 0.2) is 0 Å². The molecule has 0 unspecified atom stereocenters. The van der Waals surface area contributed by atoms with E-state index in [0.29, 0.717) is 23.2 Å². The molecule has 0 aliphatic carbocycles. The van der Waals surface area contributed by atoms with Crippen molar-refractivity contribution in [2.24, 2.45) is 5.92 Å². The zero-order valence-electron chi connectivity index (χ0n) is 11.1. The molecule has 0 atom stereocenters. The predicted molar refractivity (Wildman–Crippen MR) is 82.9 cm³/mol. The van der Waals surface area contributed by atoms with Crippen LogP contribution in [0.25, 0.3) is 11.3 Å². The van der Waals surface area contributed by atoms with Crippen LogP contribution in [0.3, 0.4) is 0 Å². The van der Waals surface area contributed by atoms with Gasteiger partial charge >= 0.3 is 0 Å². The fraction of sp³-hybridized carbons (Fsp3) is 0.286. The number of carbonyl (C=O) groups excluding carboxylic acids is 1. The van der Waals surface area contributed by atoms with E-state index in [1.165, 1.54) is 0 Å². The molecule has 3 rings (SSSR count). The minimum atomic E-state index is -0.238. The van der Waals surface area contributed by atoms with Crippen LogP contribution in [0.5, 0.6) is 0 Å². The lowest BCUT2D eigenvalue weighted by atomic mass is 10.0. The van der Waals surface area contributed by atoms with E-state index in [0.717, 1.165) is 18.7 Å². The van der Waals surface area contributed by atoms with E-state index >= 15 is 0 Å². The van der Waals surface area contributed by atoms with Crippen LogP contribution in [-0.4, -0.2) is 30.7 Å². The highest BCUT2D eigenvalue weighted by Gasteiger charge is 2.19. The molecule has 1 fully saturated rings. The van der Waals surface area contributed by atoms with E-state index in [9.17, 15) is 4.79 Å². The van der Waals surface area contributed by atoms with Gasteiger partial charge in [0.1, 0.15) is 5.69 Å². The van der Waals surface area contributed by atoms with Crippen molar-refractivity contribution in [3.63, 3.8) is 0 Å². The number of nitrogens with one attached hydrogen (secondary N) is 2. The van der Waals surface area contributed by atoms with Crippen LogP contribution < -0.4 is 10.6 Å². The lowest BCUT2D eigenvalue weighted by molar-refractivity contribution is 0.0905. The molecule has 1 saturated heterocycles. The smallest absolute Gasteiger partial charge is 0.289 e. The van der Waals surface area contributed by atoms with Crippen LogP contribution in [0, 0.1) is 5.92 Å². The molecule has 1 amide bonds. The van der Waals surface area contributed by atoms with E-state index < -0.39 is 0 Å². The van der Waals surface area contributed by atoms with Crippen LogP contribution >= 0.6 is 24.0 Å². The van der Waals surface area contributed by atoms with Crippen LogP contribution in [0.4, 0.5) is 0 Å². The maximum absolute atomic E-state index is 11.9. The average molecular weight is 328 g/mol. The first-order valence-corrected chi connectivity index (χ1v) is 6.82. The zero-order valence-corrected chi connectivity index (χ0v) is 12.7. The summed E-state index contributed by atoms with van der Waals surface area (Å²) in [5.41, 5.74) is 1.42. The molecule has 7 heteroatoms.